The minimum Gasteiger partial charge on any atom is -0.492 e. The second-order valence-electron chi connectivity index (χ2n) is 7.62. The summed E-state index contributed by atoms with van der Waals surface area (Å²) in [5.41, 5.74) is 2.23. The molecule has 0 radical (unpaired) electrons. The van der Waals surface area contributed by atoms with Gasteiger partial charge in [0.05, 0.1) is 22.8 Å². The maximum atomic E-state index is 12.5. The molecule has 0 unspecified atom stereocenters. The Labute approximate surface area is 181 Å². The smallest absolute Gasteiger partial charge is 0.317 e. The quantitative estimate of drug-likeness (QED) is 0.606. The summed E-state index contributed by atoms with van der Waals surface area (Å²) in [6, 6.07) is 16.4. The van der Waals surface area contributed by atoms with Crippen molar-refractivity contribution in [1.82, 2.24) is 20.1 Å². The molecule has 1 aliphatic heterocycles. The van der Waals surface area contributed by atoms with Crippen LogP contribution in [0.3, 0.4) is 0 Å². The maximum absolute atomic E-state index is 12.5. The Balaban J connectivity index is 1.21. The molecule has 3 aromatic rings. The molecule has 1 aromatic heterocycles. The van der Waals surface area contributed by atoms with Crippen LogP contribution in [0.2, 0.25) is 0 Å². The van der Waals surface area contributed by atoms with Crippen molar-refractivity contribution < 1.29 is 9.53 Å². The van der Waals surface area contributed by atoms with E-state index in [9.17, 15) is 4.79 Å². The van der Waals surface area contributed by atoms with Gasteiger partial charge < -0.3 is 15.0 Å². The molecule has 2 amide bonds. The van der Waals surface area contributed by atoms with Crippen LogP contribution >= 0.6 is 11.3 Å². The van der Waals surface area contributed by atoms with Crippen LogP contribution in [-0.2, 0) is 0 Å². The van der Waals surface area contributed by atoms with E-state index in [4.69, 9.17) is 9.72 Å². The molecule has 30 heavy (non-hydrogen) atoms. The van der Waals surface area contributed by atoms with E-state index in [1.165, 1.54) is 4.70 Å². The number of fused-ring (bicyclic) bond motifs is 1. The van der Waals surface area contributed by atoms with Crippen molar-refractivity contribution in [2.75, 3.05) is 39.3 Å². The van der Waals surface area contributed by atoms with Gasteiger partial charge in [-0.15, -0.1) is 11.3 Å². The second kappa shape index (κ2) is 9.45. The van der Waals surface area contributed by atoms with Gasteiger partial charge >= 0.3 is 6.03 Å². The van der Waals surface area contributed by atoms with Crippen molar-refractivity contribution in [3.63, 3.8) is 0 Å². The van der Waals surface area contributed by atoms with Gasteiger partial charge in [-0.1, -0.05) is 24.3 Å². The van der Waals surface area contributed by atoms with Crippen LogP contribution in [0.4, 0.5) is 4.79 Å². The van der Waals surface area contributed by atoms with Crippen molar-refractivity contribution in [3.05, 3.63) is 59.1 Å². The third-order valence-electron chi connectivity index (χ3n) is 5.45. The SMILES string of the molecule is Cc1cccc(OCCNC(=O)N2CCN([C@H](C)c3nc4ccccc4s3)CC2)c1. The molecule has 0 bridgehead atoms. The standard InChI is InChI=1S/C23H28N4O2S/c1-17-6-5-7-19(16-17)29-15-10-24-23(28)27-13-11-26(12-14-27)18(2)22-25-20-8-3-4-9-21(20)30-22/h3-9,16,18H,10-15H2,1-2H3,(H,24,28)/t18-/m1/s1. The lowest BCUT2D eigenvalue weighted by atomic mass is 10.2. The Morgan fingerprint density at radius 1 is 1.17 bits per heavy atom. The average molecular weight is 425 g/mol. The van der Waals surface area contributed by atoms with Gasteiger partial charge in [0.25, 0.3) is 0 Å². The third kappa shape index (κ3) is 4.91. The van der Waals surface area contributed by atoms with Crippen molar-refractivity contribution in [2.24, 2.45) is 0 Å². The summed E-state index contributed by atoms with van der Waals surface area (Å²) in [5, 5.41) is 4.11. The first-order valence-corrected chi connectivity index (χ1v) is 11.2. The van der Waals surface area contributed by atoms with Gasteiger partial charge in [-0.25, -0.2) is 9.78 Å². The Morgan fingerprint density at radius 2 is 1.97 bits per heavy atom. The van der Waals surface area contributed by atoms with Crippen LogP contribution < -0.4 is 10.1 Å². The summed E-state index contributed by atoms with van der Waals surface area (Å²) in [6.07, 6.45) is 0. The molecular formula is C23H28N4O2S. The fraction of sp³-hybridized carbons (Fsp3) is 0.391. The number of para-hydroxylation sites is 1. The molecular weight excluding hydrogens is 396 g/mol. The van der Waals surface area contributed by atoms with E-state index in [1.807, 2.05) is 42.2 Å². The summed E-state index contributed by atoms with van der Waals surface area (Å²) < 4.78 is 6.93. The van der Waals surface area contributed by atoms with Crippen LogP contribution in [-0.4, -0.2) is 60.1 Å². The summed E-state index contributed by atoms with van der Waals surface area (Å²) in [4.78, 5) is 21.5. The molecule has 1 aliphatic rings. The Morgan fingerprint density at radius 3 is 2.73 bits per heavy atom. The first-order chi connectivity index (χ1) is 14.6. The molecule has 1 fully saturated rings. The number of rotatable bonds is 6. The van der Waals surface area contributed by atoms with Crippen LogP contribution in [0.1, 0.15) is 23.5 Å². The summed E-state index contributed by atoms with van der Waals surface area (Å²) in [5.74, 6) is 0.835. The van der Waals surface area contributed by atoms with E-state index in [0.717, 1.165) is 48.0 Å². The maximum Gasteiger partial charge on any atom is 0.317 e. The molecule has 4 rings (SSSR count). The van der Waals surface area contributed by atoms with Gasteiger partial charge in [0.15, 0.2) is 0 Å². The lowest BCUT2D eigenvalue weighted by Crippen LogP contribution is -2.52. The van der Waals surface area contributed by atoms with Crippen LogP contribution in [0, 0.1) is 6.92 Å². The highest BCUT2D eigenvalue weighted by Crippen LogP contribution is 2.29. The first kappa shape index (κ1) is 20.6. The molecule has 2 heterocycles. The molecule has 0 spiro atoms. The van der Waals surface area contributed by atoms with E-state index in [2.05, 4.69) is 35.3 Å². The summed E-state index contributed by atoms with van der Waals surface area (Å²) >= 11 is 1.76. The number of carbonyl (C=O) groups is 1. The van der Waals surface area contributed by atoms with Crippen molar-refractivity contribution >= 4 is 27.6 Å². The number of carbonyl (C=O) groups excluding carboxylic acids is 1. The van der Waals surface area contributed by atoms with Gasteiger partial charge in [-0.2, -0.15) is 0 Å². The highest BCUT2D eigenvalue weighted by atomic mass is 32.1. The molecule has 7 heteroatoms. The third-order valence-corrected chi connectivity index (χ3v) is 6.66. The number of ether oxygens (including phenoxy) is 1. The van der Waals surface area contributed by atoms with E-state index < -0.39 is 0 Å². The van der Waals surface area contributed by atoms with Crippen molar-refractivity contribution in [1.29, 1.82) is 0 Å². The first-order valence-electron chi connectivity index (χ1n) is 10.4. The van der Waals surface area contributed by atoms with E-state index in [1.54, 1.807) is 11.3 Å². The van der Waals surface area contributed by atoms with Crippen LogP contribution in [0.5, 0.6) is 5.75 Å². The largest absolute Gasteiger partial charge is 0.492 e. The van der Waals surface area contributed by atoms with Crippen molar-refractivity contribution in [2.45, 2.75) is 19.9 Å². The molecule has 0 aliphatic carbocycles. The molecule has 158 valence electrons. The fourth-order valence-electron chi connectivity index (χ4n) is 3.68. The number of amides is 2. The number of hydrogen-bond donors (Lipinski definition) is 1. The number of urea groups is 1. The molecule has 6 nitrogen and oxygen atoms in total. The van der Waals surface area contributed by atoms with Gasteiger partial charge in [0, 0.05) is 26.2 Å². The van der Waals surface area contributed by atoms with E-state index >= 15 is 0 Å². The van der Waals surface area contributed by atoms with E-state index in [0.29, 0.717) is 13.2 Å². The number of piperazine rings is 1. The lowest BCUT2D eigenvalue weighted by molar-refractivity contribution is 0.113. The Kier molecular flexibility index (Phi) is 6.50. The Hall–Kier alpha value is -2.64. The number of nitrogens with one attached hydrogen (secondary N) is 1. The predicted octanol–water partition coefficient (Wildman–Crippen LogP) is 4.07. The minimum absolute atomic E-state index is 0.0184. The van der Waals surface area contributed by atoms with Gasteiger partial charge in [0.1, 0.15) is 17.4 Å². The van der Waals surface area contributed by atoms with E-state index in [-0.39, 0.29) is 12.1 Å². The number of hydrogen-bond acceptors (Lipinski definition) is 5. The Bertz CT molecular complexity index is 965. The lowest BCUT2D eigenvalue weighted by Gasteiger charge is -2.37. The number of benzene rings is 2. The molecule has 1 saturated heterocycles. The zero-order chi connectivity index (χ0) is 20.9. The van der Waals surface area contributed by atoms with Crippen LogP contribution in [0.15, 0.2) is 48.5 Å². The second-order valence-corrected chi connectivity index (χ2v) is 8.68. The number of thiazole rings is 1. The van der Waals surface area contributed by atoms with Gasteiger partial charge in [-0.05, 0) is 43.7 Å². The topological polar surface area (TPSA) is 57.7 Å². The minimum atomic E-state index is -0.0184. The molecule has 0 saturated carbocycles. The molecule has 1 N–H and O–H groups in total. The average Bonchev–Trinajstić information content (AvgIpc) is 3.20. The summed E-state index contributed by atoms with van der Waals surface area (Å²) in [7, 11) is 0. The monoisotopic (exact) mass is 424 g/mol. The molecule has 2 aromatic carbocycles. The van der Waals surface area contributed by atoms with Crippen LogP contribution in [0.25, 0.3) is 10.2 Å². The van der Waals surface area contributed by atoms with Crippen molar-refractivity contribution in [3.8, 4) is 5.75 Å². The highest BCUT2D eigenvalue weighted by molar-refractivity contribution is 7.18. The normalized spacial score (nSPS) is 15.9. The van der Waals surface area contributed by atoms with Gasteiger partial charge in [-0.3, -0.25) is 4.90 Å². The highest BCUT2D eigenvalue weighted by Gasteiger charge is 2.26. The van der Waals surface area contributed by atoms with Gasteiger partial charge in [0.2, 0.25) is 0 Å². The molecule has 1 atom stereocenters. The zero-order valence-electron chi connectivity index (χ0n) is 17.5. The summed E-state index contributed by atoms with van der Waals surface area (Å²) in [6.45, 7) is 8.34. The zero-order valence-corrected chi connectivity index (χ0v) is 18.3. The fourth-order valence-corrected chi connectivity index (χ4v) is 4.73. The number of aromatic nitrogens is 1. The predicted molar refractivity (Wildman–Crippen MR) is 121 cm³/mol. The number of aryl methyl sites for hydroxylation is 1. The number of nitrogens with zero attached hydrogens (tertiary/aromatic N) is 3.